The molecule has 33 heavy (non-hydrogen) atoms. The average Bonchev–Trinajstić information content (AvgIpc) is 3.16. The molecule has 2 aliphatic rings. The first-order valence-electron chi connectivity index (χ1n) is 11.7. The molecular formula is C26H35N7. The van der Waals surface area contributed by atoms with Crippen molar-refractivity contribution in [2.75, 3.05) is 14.1 Å². The molecule has 2 aromatic rings. The van der Waals surface area contributed by atoms with Crippen LogP contribution in [0.5, 0.6) is 0 Å². The predicted octanol–water partition coefficient (Wildman–Crippen LogP) is 4.17. The maximum atomic E-state index is 4.97. The summed E-state index contributed by atoms with van der Waals surface area (Å²) in [6.45, 7) is 10.0. The zero-order valence-electron chi connectivity index (χ0n) is 20.4. The zero-order chi connectivity index (χ0) is 23.5. The largest absolute Gasteiger partial charge is 0.393 e. The van der Waals surface area contributed by atoms with Crippen molar-refractivity contribution in [3.05, 3.63) is 54.3 Å². The van der Waals surface area contributed by atoms with E-state index in [1.807, 2.05) is 20.2 Å². The van der Waals surface area contributed by atoms with Crippen molar-refractivity contribution in [2.45, 2.75) is 64.6 Å². The molecule has 7 heteroatoms. The molecule has 7 nitrogen and oxygen atoms in total. The van der Waals surface area contributed by atoms with Crippen molar-refractivity contribution in [1.29, 1.82) is 0 Å². The number of piperidine rings is 1. The van der Waals surface area contributed by atoms with Crippen molar-refractivity contribution in [3.63, 3.8) is 0 Å². The third-order valence-electron chi connectivity index (χ3n) is 6.88. The van der Waals surface area contributed by atoms with Crippen LogP contribution in [-0.2, 0) is 0 Å². The van der Waals surface area contributed by atoms with E-state index in [0.29, 0.717) is 18.1 Å². The van der Waals surface area contributed by atoms with Gasteiger partial charge in [-0.25, -0.2) is 9.98 Å². The molecule has 1 unspecified atom stereocenters. The lowest BCUT2D eigenvalue weighted by Gasteiger charge is -2.36. The summed E-state index contributed by atoms with van der Waals surface area (Å²) >= 11 is 0. The lowest BCUT2D eigenvalue weighted by atomic mass is 9.98. The zero-order valence-corrected chi connectivity index (χ0v) is 20.4. The lowest BCUT2D eigenvalue weighted by Crippen LogP contribution is -2.48. The van der Waals surface area contributed by atoms with Crippen LogP contribution in [0.3, 0.4) is 0 Å². The number of amidine groups is 1. The molecule has 2 bridgehead atoms. The Labute approximate surface area is 197 Å². The molecule has 0 saturated carbocycles. The fourth-order valence-corrected chi connectivity index (χ4v) is 4.92. The Bertz CT molecular complexity index is 1060. The predicted molar refractivity (Wildman–Crippen MR) is 135 cm³/mol. The van der Waals surface area contributed by atoms with Gasteiger partial charge < -0.3 is 15.5 Å². The third kappa shape index (κ3) is 4.98. The van der Waals surface area contributed by atoms with E-state index in [9.17, 15) is 0 Å². The minimum Gasteiger partial charge on any atom is -0.393 e. The van der Waals surface area contributed by atoms with Crippen molar-refractivity contribution < 1.29 is 0 Å². The number of nitrogens with zero attached hydrogens (tertiary/aromatic N) is 5. The Morgan fingerprint density at radius 3 is 2.55 bits per heavy atom. The van der Waals surface area contributed by atoms with Crippen LogP contribution in [0.2, 0.25) is 0 Å². The van der Waals surface area contributed by atoms with E-state index < -0.39 is 0 Å². The summed E-state index contributed by atoms with van der Waals surface area (Å²) in [6, 6.07) is 3.98. The fraction of sp³-hybridized carbons (Fsp3) is 0.462. The number of allylic oxidation sites excluding steroid dienone is 2. The molecule has 2 fully saturated rings. The standard InChI is InChI=1S/C26H35N7/c1-7-19(13-27-5)24-14-29-25(15-28-24)26-16(2)10-23(17(3)30-26)31-18(4)33(6)22-11-20-8-9-21(12-22)32-20/h7,10,13-15,20-22,27,32H,1,8-9,11-12H2,2-6H3/b19-13+,31-18?/t20-,21+,22?. The van der Waals surface area contributed by atoms with Gasteiger partial charge in [-0.15, -0.1) is 0 Å². The minimum atomic E-state index is 0.548. The van der Waals surface area contributed by atoms with E-state index in [-0.39, 0.29) is 0 Å². The van der Waals surface area contributed by atoms with E-state index in [2.05, 4.69) is 59.0 Å². The lowest BCUT2D eigenvalue weighted by molar-refractivity contribution is 0.243. The van der Waals surface area contributed by atoms with Gasteiger partial charge in [0.2, 0.25) is 0 Å². The van der Waals surface area contributed by atoms with E-state index in [1.54, 1.807) is 18.5 Å². The van der Waals surface area contributed by atoms with Crippen molar-refractivity contribution >= 4 is 17.1 Å². The Morgan fingerprint density at radius 1 is 1.21 bits per heavy atom. The van der Waals surface area contributed by atoms with Gasteiger partial charge in [-0.05, 0) is 58.1 Å². The van der Waals surface area contributed by atoms with Crippen LogP contribution in [-0.4, -0.2) is 57.9 Å². The number of hydrogen-bond donors (Lipinski definition) is 2. The number of aryl methyl sites for hydroxylation is 2. The van der Waals surface area contributed by atoms with Crippen molar-refractivity contribution in [2.24, 2.45) is 4.99 Å². The van der Waals surface area contributed by atoms with Crippen LogP contribution >= 0.6 is 0 Å². The number of aliphatic imine (C=N–C) groups is 1. The average molecular weight is 446 g/mol. The topological polar surface area (TPSA) is 78.3 Å². The highest BCUT2D eigenvalue weighted by Gasteiger charge is 2.35. The van der Waals surface area contributed by atoms with Gasteiger partial charge in [-0.2, -0.15) is 0 Å². The maximum absolute atomic E-state index is 4.97. The van der Waals surface area contributed by atoms with E-state index in [0.717, 1.165) is 45.4 Å². The molecule has 2 N–H and O–H groups in total. The summed E-state index contributed by atoms with van der Waals surface area (Å²) in [6.07, 6.45) is 12.1. The van der Waals surface area contributed by atoms with Gasteiger partial charge in [0, 0.05) is 44.0 Å². The molecule has 0 radical (unpaired) electrons. The van der Waals surface area contributed by atoms with E-state index in [1.165, 1.54) is 25.7 Å². The number of aromatic nitrogens is 3. The van der Waals surface area contributed by atoms with Gasteiger partial charge >= 0.3 is 0 Å². The van der Waals surface area contributed by atoms with Crippen LogP contribution in [0, 0.1) is 13.8 Å². The second-order valence-electron chi connectivity index (χ2n) is 9.17. The molecule has 3 atom stereocenters. The minimum absolute atomic E-state index is 0.548. The second-order valence-corrected chi connectivity index (χ2v) is 9.17. The highest BCUT2D eigenvalue weighted by Crippen LogP contribution is 2.31. The van der Waals surface area contributed by atoms with E-state index >= 15 is 0 Å². The molecule has 2 aliphatic heterocycles. The van der Waals surface area contributed by atoms with Gasteiger partial charge in [0.15, 0.2) is 0 Å². The third-order valence-corrected chi connectivity index (χ3v) is 6.88. The highest BCUT2D eigenvalue weighted by atomic mass is 15.2. The van der Waals surface area contributed by atoms with Crippen LogP contribution in [0.4, 0.5) is 5.69 Å². The second kappa shape index (κ2) is 9.83. The summed E-state index contributed by atoms with van der Waals surface area (Å²) in [5.74, 6) is 1.04. The number of fused-ring (bicyclic) bond motifs is 2. The molecule has 0 aromatic carbocycles. The van der Waals surface area contributed by atoms with Crippen LogP contribution in [0.1, 0.15) is 49.6 Å². The van der Waals surface area contributed by atoms with Crippen molar-refractivity contribution in [1.82, 2.24) is 30.5 Å². The van der Waals surface area contributed by atoms with Gasteiger partial charge in [-0.3, -0.25) is 9.97 Å². The fourth-order valence-electron chi connectivity index (χ4n) is 4.92. The first-order chi connectivity index (χ1) is 15.9. The molecule has 0 spiro atoms. The first kappa shape index (κ1) is 23.1. The van der Waals surface area contributed by atoms with Crippen LogP contribution in [0.15, 0.2) is 42.3 Å². The van der Waals surface area contributed by atoms with Gasteiger partial charge in [0.25, 0.3) is 0 Å². The van der Waals surface area contributed by atoms with Crippen LogP contribution in [0.25, 0.3) is 17.0 Å². The Morgan fingerprint density at radius 2 is 1.94 bits per heavy atom. The van der Waals surface area contributed by atoms with Gasteiger partial charge in [0.1, 0.15) is 11.5 Å². The van der Waals surface area contributed by atoms with Gasteiger partial charge in [0.05, 0.1) is 35.2 Å². The quantitative estimate of drug-likeness (QED) is 0.395. The number of pyridine rings is 1. The maximum Gasteiger partial charge on any atom is 0.107 e. The Hall–Kier alpha value is -3.06. The Balaban J connectivity index is 1.54. The molecule has 0 aliphatic carbocycles. The summed E-state index contributed by atoms with van der Waals surface area (Å²) in [4.78, 5) is 21.3. The van der Waals surface area contributed by atoms with Gasteiger partial charge in [-0.1, -0.05) is 12.7 Å². The number of rotatable bonds is 6. The summed E-state index contributed by atoms with van der Waals surface area (Å²) in [7, 11) is 4.02. The molecule has 2 aromatic heterocycles. The molecular weight excluding hydrogens is 410 g/mol. The van der Waals surface area contributed by atoms with E-state index in [4.69, 9.17) is 9.98 Å². The monoisotopic (exact) mass is 445 g/mol. The molecule has 4 rings (SSSR count). The SMILES string of the molecule is C=C/C(=C\NC)c1cnc(-c2nc(C)c(N=C(C)N(C)C3C[C@H]4CC[C@@H](C3)N4)cc2C)cn1. The summed E-state index contributed by atoms with van der Waals surface area (Å²) in [5, 5.41) is 6.73. The van der Waals surface area contributed by atoms with Crippen LogP contribution < -0.4 is 10.6 Å². The number of hydrogen-bond acceptors (Lipinski definition) is 6. The molecule has 2 saturated heterocycles. The summed E-state index contributed by atoms with van der Waals surface area (Å²) in [5.41, 5.74) is 6.08. The normalized spacial score (nSPS) is 22.9. The number of nitrogens with one attached hydrogen (secondary N) is 2. The molecule has 0 amide bonds. The van der Waals surface area contributed by atoms with Crippen molar-refractivity contribution in [3.8, 4) is 11.4 Å². The highest BCUT2D eigenvalue weighted by molar-refractivity contribution is 5.83. The first-order valence-corrected chi connectivity index (χ1v) is 11.7. The molecule has 4 heterocycles. The summed E-state index contributed by atoms with van der Waals surface area (Å²) < 4.78 is 0. The smallest absolute Gasteiger partial charge is 0.107 e. The Kier molecular flexibility index (Phi) is 6.88. The molecule has 174 valence electrons.